The fourth-order valence-electron chi connectivity index (χ4n) is 1.50. The minimum atomic E-state index is -0.246. The van der Waals surface area contributed by atoms with Gasteiger partial charge in [0.1, 0.15) is 5.82 Å². The molecule has 0 radical (unpaired) electrons. The van der Waals surface area contributed by atoms with Crippen LogP contribution in [0, 0.1) is 11.2 Å². The van der Waals surface area contributed by atoms with Crippen LogP contribution in [0.15, 0.2) is 24.3 Å². The van der Waals surface area contributed by atoms with Gasteiger partial charge >= 0.3 is 0 Å². The van der Waals surface area contributed by atoms with Gasteiger partial charge in [-0.2, -0.15) is 0 Å². The molecule has 0 bridgehead atoms. The minimum absolute atomic E-state index is 0.112. The Hall–Kier alpha value is -1.13. The van der Waals surface area contributed by atoms with Crippen LogP contribution in [0.4, 0.5) is 10.1 Å². The Morgan fingerprint density at radius 2 is 2.00 bits per heavy atom. The van der Waals surface area contributed by atoms with Crippen LogP contribution in [0.5, 0.6) is 0 Å². The summed E-state index contributed by atoms with van der Waals surface area (Å²) in [5.41, 5.74) is 0.699. The molecule has 0 aromatic heterocycles. The monoisotopic (exact) mass is 211 g/mol. The first-order chi connectivity index (χ1) is 7.24. The molecule has 0 saturated carbocycles. The molecule has 4 heteroatoms. The van der Waals surface area contributed by atoms with Crippen LogP contribution in [0.1, 0.15) is 0 Å². The van der Waals surface area contributed by atoms with Crippen LogP contribution in [-0.2, 0) is 4.74 Å². The maximum absolute atomic E-state index is 12.6. The average Bonchev–Trinajstić information content (AvgIpc) is 2.20. The van der Waals surface area contributed by atoms with Crippen LogP contribution in [0.3, 0.4) is 0 Å². The lowest BCUT2D eigenvalue weighted by Crippen LogP contribution is -2.50. The lowest BCUT2D eigenvalue weighted by atomic mass is 9.87. The SMILES string of the molecule is OCC1(CNc2ccc(F)cc2)COC1. The third kappa shape index (κ3) is 2.27. The first-order valence-electron chi connectivity index (χ1n) is 4.92. The van der Waals surface area contributed by atoms with Gasteiger partial charge in [0.2, 0.25) is 0 Å². The van der Waals surface area contributed by atoms with Crippen molar-refractivity contribution in [1.29, 1.82) is 0 Å². The Kier molecular flexibility index (Phi) is 2.88. The number of hydrogen-bond acceptors (Lipinski definition) is 3. The van der Waals surface area contributed by atoms with E-state index in [1.165, 1.54) is 12.1 Å². The van der Waals surface area contributed by atoms with E-state index in [4.69, 9.17) is 4.74 Å². The minimum Gasteiger partial charge on any atom is -0.396 e. The van der Waals surface area contributed by atoms with Crippen molar-refractivity contribution in [2.75, 3.05) is 31.7 Å². The molecular formula is C11H14FNO2. The van der Waals surface area contributed by atoms with Crippen molar-refractivity contribution < 1.29 is 14.2 Å². The Balaban J connectivity index is 1.90. The molecule has 3 nitrogen and oxygen atoms in total. The zero-order valence-corrected chi connectivity index (χ0v) is 8.37. The summed E-state index contributed by atoms with van der Waals surface area (Å²) >= 11 is 0. The molecule has 15 heavy (non-hydrogen) atoms. The molecule has 2 rings (SSSR count). The largest absolute Gasteiger partial charge is 0.396 e. The van der Waals surface area contributed by atoms with Crippen LogP contribution in [-0.4, -0.2) is 31.5 Å². The highest BCUT2D eigenvalue weighted by Gasteiger charge is 2.37. The molecule has 0 aliphatic carbocycles. The van der Waals surface area contributed by atoms with Gasteiger partial charge in [0.05, 0.1) is 25.2 Å². The topological polar surface area (TPSA) is 41.5 Å². The number of nitrogens with one attached hydrogen (secondary N) is 1. The Morgan fingerprint density at radius 1 is 1.33 bits per heavy atom. The normalized spacial score (nSPS) is 18.3. The molecule has 1 aliphatic heterocycles. The van der Waals surface area contributed by atoms with E-state index in [2.05, 4.69) is 5.32 Å². The maximum Gasteiger partial charge on any atom is 0.123 e. The molecule has 0 spiro atoms. The van der Waals surface area contributed by atoms with Crippen molar-refractivity contribution in [1.82, 2.24) is 0 Å². The van der Waals surface area contributed by atoms with Gasteiger partial charge in [-0.3, -0.25) is 0 Å². The van der Waals surface area contributed by atoms with Crippen LogP contribution in [0.25, 0.3) is 0 Å². The van der Waals surface area contributed by atoms with E-state index in [1.807, 2.05) is 0 Å². The molecule has 82 valence electrons. The number of anilines is 1. The molecule has 1 aliphatic rings. The number of halogens is 1. The van der Waals surface area contributed by atoms with Crippen LogP contribution in [0.2, 0.25) is 0 Å². The summed E-state index contributed by atoms with van der Waals surface area (Å²) in [5, 5.41) is 12.3. The Labute approximate surface area is 87.9 Å². The van der Waals surface area contributed by atoms with Crippen molar-refractivity contribution in [3.05, 3.63) is 30.1 Å². The standard InChI is InChI=1S/C11H14FNO2/c12-9-1-3-10(4-2-9)13-5-11(6-14)7-15-8-11/h1-4,13-14H,5-8H2. The predicted octanol–water partition coefficient (Wildman–Crippen LogP) is 1.25. The van der Waals surface area contributed by atoms with E-state index < -0.39 is 0 Å². The summed E-state index contributed by atoms with van der Waals surface area (Å²) in [6, 6.07) is 6.18. The lowest BCUT2D eigenvalue weighted by molar-refractivity contribution is -0.128. The molecule has 1 saturated heterocycles. The first-order valence-corrected chi connectivity index (χ1v) is 4.92. The molecular weight excluding hydrogens is 197 g/mol. The van der Waals surface area contributed by atoms with Gasteiger partial charge in [-0.1, -0.05) is 0 Å². The van der Waals surface area contributed by atoms with Gasteiger partial charge in [-0.25, -0.2) is 4.39 Å². The Morgan fingerprint density at radius 3 is 2.47 bits per heavy atom. The summed E-state index contributed by atoms with van der Waals surface area (Å²) in [7, 11) is 0. The zero-order valence-electron chi connectivity index (χ0n) is 8.37. The molecule has 0 atom stereocenters. The summed E-state index contributed by atoms with van der Waals surface area (Å²) in [6.45, 7) is 1.92. The summed E-state index contributed by atoms with van der Waals surface area (Å²) in [4.78, 5) is 0. The highest BCUT2D eigenvalue weighted by atomic mass is 19.1. The first kappa shape index (κ1) is 10.4. The summed E-state index contributed by atoms with van der Waals surface area (Å²) in [5.74, 6) is -0.246. The third-order valence-electron chi connectivity index (χ3n) is 2.66. The van der Waals surface area contributed by atoms with Gasteiger partial charge in [-0.05, 0) is 24.3 Å². The number of aliphatic hydroxyl groups is 1. The van der Waals surface area contributed by atoms with Crippen LogP contribution >= 0.6 is 0 Å². The van der Waals surface area contributed by atoms with E-state index in [0.717, 1.165) is 5.69 Å². The van der Waals surface area contributed by atoms with E-state index in [1.54, 1.807) is 12.1 Å². The van der Waals surface area contributed by atoms with Crippen molar-refractivity contribution in [2.24, 2.45) is 5.41 Å². The fourth-order valence-corrected chi connectivity index (χ4v) is 1.50. The number of benzene rings is 1. The van der Waals surface area contributed by atoms with Gasteiger partial charge in [0.25, 0.3) is 0 Å². The van der Waals surface area contributed by atoms with Crippen molar-refractivity contribution in [3.63, 3.8) is 0 Å². The van der Waals surface area contributed by atoms with Crippen molar-refractivity contribution >= 4 is 5.69 Å². The molecule has 1 fully saturated rings. The number of rotatable bonds is 4. The average molecular weight is 211 g/mol. The van der Waals surface area contributed by atoms with Crippen molar-refractivity contribution in [2.45, 2.75) is 0 Å². The Bertz CT molecular complexity index is 316. The van der Waals surface area contributed by atoms with Gasteiger partial charge < -0.3 is 15.2 Å². The molecule has 1 heterocycles. The summed E-state index contributed by atoms with van der Waals surface area (Å²) in [6.07, 6.45) is 0. The lowest BCUT2D eigenvalue weighted by Gasteiger charge is -2.40. The van der Waals surface area contributed by atoms with E-state index in [9.17, 15) is 9.50 Å². The summed E-state index contributed by atoms with van der Waals surface area (Å²) < 4.78 is 17.7. The van der Waals surface area contributed by atoms with E-state index in [0.29, 0.717) is 19.8 Å². The second kappa shape index (κ2) is 4.16. The smallest absolute Gasteiger partial charge is 0.123 e. The quantitative estimate of drug-likeness (QED) is 0.787. The number of aliphatic hydroxyl groups excluding tert-OH is 1. The molecule has 1 aromatic rings. The van der Waals surface area contributed by atoms with Gasteiger partial charge in [-0.15, -0.1) is 0 Å². The highest BCUT2D eigenvalue weighted by Crippen LogP contribution is 2.27. The third-order valence-corrected chi connectivity index (χ3v) is 2.66. The van der Waals surface area contributed by atoms with Crippen LogP contribution < -0.4 is 5.32 Å². The van der Waals surface area contributed by atoms with Gasteiger partial charge in [0.15, 0.2) is 0 Å². The highest BCUT2D eigenvalue weighted by molar-refractivity contribution is 5.43. The van der Waals surface area contributed by atoms with E-state index in [-0.39, 0.29) is 17.8 Å². The fraction of sp³-hybridized carbons (Fsp3) is 0.455. The van der Waals surface area contributed by atoms with Gasteiger partial charge in [0, 0.05) is 12.2 Å². The zero-order chi connectivity index (χ0) is 10.7. The molecule has 0 amide bonds. The predicted molar refractivity (Wildman–Crippen MR) is 55.2 cm³/mol. The molecule has 1 aromatic carbocycles. The second-order valence-electron chi connectivity index (χ2n) is 4.01. The van der Waals surface area contributed by atoms with Crippen molar-refractivity contribution in [3.8, 4) is 0 Å². The maximum atomic E-state index is 12.6. The molecule has 2 N–H and O–H groups in total. The number of ether oxygens (including phenoxy) is 1. The number of hydrogen-bond donors (Lipinski definition) is 2. The second-order valence-corrected chi connectivity index (χ2v) is 4.01. The van der Waals surface area contributed by atoms with E-state index >= 15 is 0 Å². The molecule has 0 unspecified atom stereocenters.